The van der Waals surface area contributed by atoms with Gasteiger partial charge in [-0.2, -0.15) is 0 Å². The Morgan fingerprint density at radius 2 is 1.62 bits per heavy atom. The van der Waals surface area contributed by atoms with Crippen LogP contribution < -0.4 is 0 Å². The molecular formula is C30H46O4. The predicted molar refractivity (Wildman–Crippen MR) is 132 cm³/mol. The second-order valence-corrected chi connectivity index (χ2v) is 15.1. The van der Waals surface area contributed by atoms with Gasteiger partial charge in [-0.1, -0.05) is 53.2 Å². The minimum Gasteiger partial charge on any atom is -0.481 e. The van der Waals surface area contributed by atoms with Crippen LogP contribution in [0.5, 0.6) is 0 Å². The third kappa shape index (κ3) is 2.61. The molecule has 0 aromatic heterocycles. The second-order valence-electron chi connectivity index (χ2n) is 15.1. The van der Waals surface area contributed by atoms with E-state index in [-0.39, 0.29) is 38.9 Å². The first-order valence-corrected chi connectivity index (χ1v) is 14.0. The van der Waals surface area contributed by atoms with Crippen molar-refractivity contribution < 1.29 is 19.7 Å². The molecule has 0 radical (unpaired) electrons. The number of fused-ring (bicyclic) bond motifs is 7. The van der Waals surface area contributed by atoms with E-state index in [4.69, 9.17) is 4.74 Å². The first kappa shape index (κ1) is 23.5. The summed E-state index contributed by atoms with van der Waals surface area (Å²) in [5, 5.41) is 21.5. The van der Waals surface area contributed by atoms with Crippen LogP contribution >= 0.6 is 0 Å². The fourth-order valence-electron chi connectivity index (χ4n) is 11.3. The molecule has 7 rings (SSSR count). The number of rotatable bonds is 1. The van der Waals surface area contributed by atoms with Crippen molar-refractivity contribution in [1.29, 1.82) is 0 Å². The number of aliphatic hydroxyl groups is 1. The Morgan fingerprint density at radius 3 is 2.26 bits per heavy atom. The van der Waals surface area contributed by atoms with Gasteiger partial charge in [-0.25, -0.2) is 0 Å². The van der Waals surface area contributed by atoms with Crippen LogP contribution in [0.2, 0.25) is 0 Å². The van der Waals surface area contributed by atoms with Gasteiger partial charge in [0.2, 0.25) is 0 Å². The summed E-state index contributed by atoms with van der Waals surface area (Å²) in [5.41, 5.74) is 1.85. The van der Waals surface area contributed by atoms with Crippen molar-refractivity contribution in [3.8, 4) is 0 Å². The minimum absolute atomic E-state index is 0.0453. The number of carboxylic acid groups (broad SMARTS) is 1. The van der Waals surface area contributed by atoms with E-state index in [2.05, 4.69) is 47.6 Å². The molecule has 6 fully saturated rings. The van der Waals surface area contributed by atoms with E-state index in [9.17, 15) is 15.0 Å². The molecule has 1 spiro atoms. The second kappa shape index (κ2) is 6.71. The maximum absolute atomic E-state index is 12.3. The van der Waals surface area contributed by atoms with Crippen LogP contribution in [0.15, 0.2) is 11.6 Å². The molecule has 2 N–H and O–H groups in total. The number of carbonyl (C=O) groups is 1. The molecular weight excluding hydrogens is 424 g/mol. The van der Waals surface area contributed by atoms with Gasteiger partial charge in [0.1, 0.15) is 0 Å². The molecule has 7 aliphatic rings. The molecule has 4 saturated carbocycles. The summed E-state index contributed by atoms with van der Waals surface area (Å²) >= 11 is 0. The van der Waals surface area contributed by atoms with Gasteiger partial charge in [0.05, 0.1) is 12.5 Å². The van der Waals surface area contributed by atoms with Crippen LogP contribution in [-0.4, -0.2) is 28.6 Å². The number of carboxylic acids is 1. The summed E-state index contributed by atoms with van der Waals surface area (Å²) in [6, 6.07) is 0. The van der Waals surface area contributed by atoms with E-state index in [1.54, 1.807) is 0 Å². The standard InChI is InChI=1S/C30H46O4/c1-25(2)15-19-18(20(16-25)24(31)32)9-11-27(5)21(19)7-8-23-28(27,6)12-10-22-26(3,4)30(33)14-13-29(22,23)17-34-30/h15,18,20-23,33H,7-14,16-17H2,1-6H3,(H,31,32)/t18-,20+,21+,22-,23+,27+,28+,29+,30-/m0/s1. The summed E-state index contributed by atoms with van der Waals surface area (Å²) < 4.78 is 6.34. The highest BCUT2D eigenvalue weighted by atomic mass is 16.6. The molecule has 0 unspecified atom stereocenters. The lowest BCUT2D eigenvalue weighted by molar-refractivity contribution is -0.399. The maximum Gasteiger partial charge on any atom is 0.307 e. The molecule has 2 saturated heterocycles. The molecule has 2 bridgehead atoms. The van der Waals surface area contributed by atoms with Crippen molar-refractivity contribution >= 4 is 5.97 Å². The number of hydrogen-bond acceptors (Lipinski definition) is 3. The highest BCUT2D eigenvalue weighted by molar-refractivity contribution is 5.71. The average Bonchev–Trinajstić information content (AvgIpc) is 2.74. The normalized spacial score (nSPS) is 54.7. The minimum atomic E-state index is -0.962. The SMILES string of the molecule is CC1(C)C=C2[C@H]3CC[C@H]4[C@]56CC[C@](O)(OC5)C(C)(C)[C@@H]6CC[C@@]4(C)[C@]3(C)CC[C@@H]2[C@H](C(=O)O)C1. The smallest absolute Gasteiger partial charge is 0.307 e. The predicted octanol–water partition coefficient (Wildman–Crippen LogP) is 6.43. The lowest BCUT2D eigenvalue weighted by Crippen LogP contribution is -2.73. The van der Waals surface area contributed by atoms with Gasteiger partial charge in [-0.3, -0.25) is 4.79 Å². The van der Waals surface area contributed by atoms with Crippen LogP contribution in [0.1, 0.15) is 99.3 Å². The molecule has 0 amide bonds. The topological polar surface area (TPSA) is 66.8 Å². The van der Waals surface area contributed by atoms with Crippen LogP contribution in [0.25, 0.3) is 0 Å². The zero-order chi connectivity index (χ0) is 24.5. The lowest BCUT2D eigenvalue weighted by Gasteiger charge is -2.75. The van der Waals surface area contributed by atoms with E-state index < -0.39 is 11.8 Å². The van der Waals surface area contributed by atoms with Crippen LogP contribution in [0.3, 0.4) is 0 Å². The lowest BCUT2D eigenvalue weighted by atomic mass is 9.32. The van der Waals surface area contributed by atoms with E-state index in [0.29, 0.717) is 17.8 Å². The van der Waals surface area contributed by atoms with E-state index in [1.165, 1.54) is 31.3 Å². The van der Waals surface area contributed by atoms with Gasteiger partial charge in [-0.05, 0) is 91.3 Å². The zero-order valence-electron chi connectivity index (χ0n) is 22.2. The van der Waals surface area contributed by atoms with Crippen molar-refractivity contribution in [1.82, 2.24) is 0 Å². The quantitative estimate of drug-likeness (QED) is 0.434. The summed E-state index contributed by atoms with van der Waals surface area (Å²) in [7, 11) is 0. The molecule has 5 aliphatic carbocycles. The maximum atomic E-state index is 12.3. The van der Waals surface area contributed by atoms with E-state index >= 15 is 0 Å². The van der Waals surface area contributed by atoms with Gasteiger partial charge in [0.15, 0.2) is 5.79 Å². The van der Waals surface area contributed by atoms with Crippen LogP contribution in [-0.2, 0) is 9.53 Å². The number of aliphatic carboxylic acids is 1. The Bertz CT molecular complexity index is 937. The van der Waals surface area contributed by atoms with Gasteiger partial charge >= 0.3 is 5.97 Å². The summed E-state index contributed by atoms with van der Waals surface area (Å²) in [6.07, 6.45) is 12.1. The third-order valence-corrected chi connectivity index (χ3v) is 13.2. The average molecular weight is 471 g/mol. The van der Waals surface area contributed by atoms with Crippen molar-refractivity contribution in [2.45, 2.75) is 105 Å². The highest BCUT2D eigenvalue weighted by Gasteiger charge is 2.74. The Hall–Kier alpha value is -0.870. The summed E-state index contributed by atoms with van der Waals surface area (Å²) in [6.45, 7) is 14.9. The van der Waals surface area contributed by atoms with Crippen LogP contribution in [0.4, 0.5) is 0 Å². The number of allylic oxidation sites excluding steroid dienone is 2. The Morgan fingerprint density at radius 1 is 0.912 bits per heavy atom. The molecule has 9 atom stereocenters. The third-order valence-electron chi connectivity index (χ3n) is 13.2. The largest absolute Gasteiger partial charge is 0.481 e. The van der Waals surface area contributed by atoms with Crippen molar-refractivity contribution in [3.63, 3.8) is 0 Å². The molecule has 4 nitrogen and oxygen atoms in total. The highest BCUT2D eigenvalue weighted by Crippen LogP contribution is 2.77. The van der Waals surface area contributed by atoms with Gasteiger partial charge in [0.25, 0.3) is 0 Å². The van der Waals surface area contributed by atoms with Crippen molar-refractivity contribution in [2.24, 2.45) is 56.7 Å². The molecule has 190 valence electrons. The Kier molecular flexibility index (Phi) is 4.64. The number of hydrogen-bond donors (Lipinski definition) is 2. The van der Waals surface area contributed by atoms with Gasteiger partial charge in [0, 0.05) is 17.3 Å². The fourth-order valence-corrected chi connectivity index (χ4v) is 11.3. The van der Waals surface area contributed by atoms with Crippen LogP contribution in [0, 0.1) is 56.7 Å². The Balaban J connectivity index is 1.41. The molecule has 2 heterocycles. The fraction of sp³-hybridized carbons (Fsp3) is 0.900. The summed E-state index contributed by atoms with van der Waals surface area (Å²) in [4.78, 5) is 12.3. The molecule has 4 heteroatoms. The molecule has 34 heavy (non-hydrogen) atoms. The molecule has 0 aromatic carbocycles. The van der Waals surface area contributed by atoms with Gasteiger partial charge in [-0.15, -0.1) is 0 Å². The first-order valence-electron chi connectivity index (χ1n) is 14.0. The van der Waals surface area contributed by atoms with Crippen molar-refractivity contribution in [2.75, 3.05) is 6.61 Å². The van der Waals surface area contributed by atoms with E-state index in [0.717, 1.165) is 38.7 Å². The Labute approximate surface area is 205 Å². The number of ether oxygens (including phenoxy) is 1. The zero-order valence-corrected chi connectivity index (χ0v) is 22.2. The monoisotopic (exact) mass is 470 g/mol. The first-order chi connectivity index (χ1) is 15.7. The summed E-state index contributed by atoms with van der Waals surface area (Å²) in [5.74, 6) is 0.0708. The van der Waals surface area contributed by atoms with E-state index in [1.807, 2.05) is 0 Å². The molecule has 2 aliphatic heterocycles. The van der Waals surface area contributed by atoms with Gasteiger partial charge < -0.3 is 14.9 Å². The van der Waals surface area contributed by atoms with Crippen molar-refractivity contribution in [3.05, 3.63) is 11.6 Å². The molecule has 0 aromatic rings.